The van der Waals surface area contributed by atoms with Crippen molar-refractivity contribution in [3.05, 3.63) is 23.2 Å². The van der Waals surface area contributed by atoms with Gasteiger partial charge in [0.2, 0.25) is 0 Å². The number of hydrogen-bond acceptors (Lipinski definition) is 3. The van der Waals surface area contributed by atoms with Crippen LogP contribution in [0.15, 0.2) is 18.2 Å². The Morgan fingerprint density at radius 2 is 2.00 bits per heavy atom. The molecule has 1 aromatic rings. The largest absolute Gasteiger partial charge is 0.397 e. The van der Waals surface area contributed by atoms with Crippen LogP contribution in [-0.4, -0.2) is 8.42 Å². The number of halogens is 1. The van der Waals surface area contributed by atoms with E-state index in [2.05, 4.69) is 0 Å². The summed E-state index contributed by atoms with van der Waals surface area (Å²) in [6.07, 6.45) is 0. The molecule has 0 fully saturated rings. The summed E-state index contributed by atoms with van der Waals surface area (Å²) in [5, 5.41) is 5.18. The highest BCUT2D eigenvalue weighted by atomic mass is 35.5. The van der Waals surface area contributed by atoms with Gasteiger partial charge in [-0.05, 0) is 18.2 Å². The smallest absolute Gasteiger partial charge is 0.296 e. The van der Waals surface area contributed by atoms with E-state index in [1.54, 1.807) is 0 Å². The van der Waals surface area contributed by atoms with E-state index in [0.717, 1.165) is 0 Å². The Morgan fingerprint density at radius 1 is 1.38 bits per heavy atom. The van der Waals surface area contributed by atoms with Crippen molar-refractivity contribution in [1.29, 1.82) is 0 Å². The maximum atomic E-state index is 10.6. The number of hydrogen-bond donors (Lipinski definition) is 3. The van der Waals surface area contributed by atoms with Crippen LogP contribution in [0.2, 0.25) is 5.02 Å². The molecular weight excluding hydrogens is 214 g/mol. The number of nitrogens with two attached hydrogens (primary N) is 2. The zero-order valence-electron chi connectivity index (χ0n) is 6.49. The highest BCUT2D eigenvalue weighted by Crippen LogP contribution is 2.22. The molecule has 0 saturated heterocycles. The molecule has 72 valence electrons. The number of nitrogens with one attached hydrogen (secondary N) is 1. The molecule has 13 heavy (non-hydrogen) atoms. The third-order valence-electron chi connectivity index (χ3n) is 1.27. The molecule has 0 amide bonds. The van der Waals surface area contributed by atoms with Crippen LogP contribution in [0, 0.1) is 0 Å². The molecule has 5 nitrogen and oxygen atoms in total. The van der Waals surface area contributed by atoms with Crippen molar-refractivity contribution in [1.82, 2.24) is 0 Å². The van der Waals surface area contributed by atoms with Gasteiger partial charge in [0.1, 0.15) is 0 Å². The highest BCUT2D eigenvalue weighted by molar-refractivity contribution is 7.90. The first-order valence-electron chi connectivity index (χ1n) is 3.24. The van der Waals surface area contributed by atoms with E-state index in [4.69, 9.17) is 22.5 Å². The first-order chi connectivity index (χ1) is 5.88. The normalized spacial score (nSPS) is 11.2. The monoisotopic (exact) mass is 221 g/mol. The summed E-state index contributed by atoms with van der Waals surface area (Å²) in [4.78, 5) is 0. The van der Waals surface area contributed by atoms with Crippen molar-refractivity contribution in [3.8, 4) is 0 Å². The van der Waals surface area contributed by atoms with Crippen LogP contribution in [0.1, 0.15) is 0 Å². The number of nitrogen functional groups attached to an aromatic ring is 1. The molecule has 0 aliphatic heterocycles. The predicted molar refractivity (Wildman–Crippen MR) is 52.6 cm³/mol. The molecule has 0 bridgehead atoms. The molecule has 0 aliphatic carbocycles. The molecule has 0 unspecified atom stereocenters. The molecular formula is C6H8ClN3O2S. The second-order valence-electron chi connectivity index (χ2n) is 2.38. The number of benzene rings is 1. The molecule has 0 heterocycles. The zero-order chi connectivity index (χ0) is 10.1. The highest BCUT2D eigenvalue weighted by Gasteiger charge is 2.05. The summed E-state index contributed by atoms with van der Waals surface area (Å²) in [7, 11) is -3.79. The number of anilines is 2. The van der Waals surface area contributed by atoms with E-state index in [1.165, 1.54) is 18.2 Å². The molecule has 1 aromatic carbocycles. The average molecular weight is 222 g/mol. The van der Waals surface area contributed by atoms with Crippen LogP contribution in [-0.2, 0) is 10.2 Å². The molecule has 0 aromatic heterocycles. The summed E-state index contributed by atoms with van der Waals surface area (Å²) in [5.74, 6) is 0. The summed E-state index contributed by atoms with van der Waals surface area (Å²) < 4.78 is 23.3. The Balaban J connectivity index is 3.04. The molecule has 1 rings (SSSR count). The fourth-order valence-corrected chi connectivity index (χ4v) is 1.45. The van der Waals surface area contributed by atoms with Gasteiger partial charge >= 0.3 is 0 Å². The van der Waals surface area contributed by atoms with Crippen molar-refractivity contribution in [2.75, 3.05) is 10.5 Å². The lowest BCUT2D eigenvalue weighted by molar-refractivity contribution is 0.603. The molecule has 0 radical (unpaired) electrons. The average Bonchev–Trinajstić information content (AvgIpc) is 1.93. The predicted octanol–water partition coefficient (Wildman–Crippen LogP) is 0.538. The molecule has 0 saturated carbocycles. The molecule has 5 N–H and O–H groups in total. The van der Waals surface area contributed by atoms with Gasteiger partial charge in [0.15, 0.2) is 0 Å². The van der Waals surface area contributed by atoms with E-state index in [9.17, 15) is 8.42 Å². The van der Waals surface area contributed by atoms with Crippen LogP contribution < -0.4 is 15.6 Å². The van der Waals surface area contributed by atoms with Gasteiger partial charge in [0.05, 0.1) is 11.4 Å². The van der Waals surface area contributed by atoms with Crippen LogP contribution in [0.4, 0.5) is 11.4 Å². The maximum absolute atomic E-state index is 10.6. The topological polar surface area (TPSA) is 98.2 Å². The van der Waals surface area contributed by atoms with E-state index in [0.29, 0.717) is 5.02 Å². The third-order valence-corrected chi connectivity index (χ3v) is 2.01. The van der Waals surface area contributed by atoms with Gasteiger partial charge < -0.3 is 5.73 Å². The van der Waals surface area contributed by atoms with Gasteiger partial charge in [-0.3, -0.25) is 4.72 Å². The van der Waals surface area contributed by atoms with Gasteiger partial charge in [-0.2, -0.15) is 8.42 Å². The van der Waals surface area contributed by atoms with Crippen molar-refractivity contribution < 1.29 is 8.42 Å². The Hall–Kier alpha value is -0.980. The van der Waals surface area contributed by atoms with Crippen molar-refractivity contribution in [2.24, 2.45) is 5.14 Å². The first-order valence-corrected chi connectivity index (χ1v) is 5.16. The quantitative estimate of drug-likeness (QED) is 0.636. The second-order valence-corrected chi connectivity index (χ2v) is 4.11. The minimum Gasteiger partial charge on any atom is -0.397 e. The van der Waals surface area contributed by atoms with Crippen molar-refractivity contribution in [2.45, 2.75) is 0 Å². The minimum absolute atomic E-state index is 0.215. The Kier molecular flexibility index (Phi) is 2.65. The van der Waals surface area contributed by atoms with Gasteiger partial charge in [0, 0.05) is 5.02 Å². The van der Waals surface area contributed by atoms with Gasteiger partial charge in [-0.25, -0.2) is 5.14 Å². The van der Waals surface area contributed by atoms with Crippen LogP contribution in [0.5, 0.6) is 0 Å². The van der Waals surface area contributed by atoms with Crippen molar-refractivity contribution in [3.63, 3.8) is 0 Å². The molecule has 0 aliphatic rings. The lowest BCUT2D eigenvalue weighted by Crippen LogP contribution is -2.22. The third kappa shape index (κ3) is 3.10. The van der Waals surface area contributed by atoms with E-state index in [1.807, 2.05) is 4.72 Å². The van der Waals surface area contributed by atoms with E-state index < -0.39 is 10.2 Å². The summed E-state index contributed by atoms with van der Waals surface area (Å²) in [5.41, 5.74) is 5.90. The SMILES string of the molecule is Nc1cc(Cl)ccc1NS(N)(=O)=O. The summed E-state index contributed by atoms with van der Waals surface area (Å²) >= 11 is 5.60. The maximum Gasteiger partial charge on any atom is 0.296 e. The van der Waals surface area contributed by atoms with Crippen molar-refractivity contribution >= 4 is 33.2 Å². The van der Waals surface area contributed by atoms with Gasteiger partial charge in [-0.1, -0.05) is 11.6 Å². The fourth-order valence-electron chi connectivity index (χ4n) is 0.780. The Bertz CT molecular complexity index is 418. The zero-order valence-corrected chi connectivity index (χ0v) is 8.06. The van der Waals surface area contributed by atoms with E-state index in [-0.39, 0.29) is 11.4 Å². The summed E-state index contributed by atoms with van der Waals surface area (Å²) in [6.45, 7) is 0. The Labute approximate surface area is 80.9 Å². The molecule has 0 atom stereocenters. The number of rotatable bonds is 2. The lowest BCUT2D eigenvalue weighted by Gasteiger charge is -2.06. The second kappa shape index (κ2) is 3.41. The Morgan fingerprint density at radius 3 is 2.46 bits per heavy atom. The standard InChI is InChI=1S/C6H8ClN3O2S/c7-4-1-2-6(5(8)3-4)10-13(9,11)12/h1-3,10H,8H2,(H2,9,11,12). The van der Waals surface area contributed by atoms with E-state index >= 15 is 0 Å². The van der Waals surface area contributed by atoms with Crippen LogP contribution in [0.3, 0.4) is 0 Å². The minimum atomic E-state index is -3.79. The van der Waals surface area contributed by atoms with Crippen LogP contribution in [0.25, 0.3) is 0 Å². The first kappa shape index (κ1) is 10.1. The fraction of sp³-hybridized carbons (Fsp3) is 0. The van der Waals surface area contributed by atoms with Crippen LogP contribution >= 0.6 is 11.6 Å². The van der Waals surface area contributed by atoms with Gasteiger partial charge in [-0.15, -0.1) is 0 Å². The molecule has 7 heteroatoms. The summed E-state index contributed by atoms with van der Waals surface area (Å²) in [6, 6.07) is 4.36. The molecule has 0 spiro atoms. The lowest BCUT2D eigenvalue weighted by atomic mass is 10.3. The van der Waals surface area contributed by atoms with Gasteiger partial charge in [0.25, 0.3) is 10.2 Å².